The second kappa shape index (κ2) is 5.50. The molecule has 3 aromatic rings. The van der Waals surface area contributed by atoms with Crippen LogP contribution in [0, 0.1) is 11.3 Å². The van der Waals surface area contributed by atoms with Gasteiger partial charge >= 0.3 is 0 Å². The molecule has 0 radical (unpaired) electrons. The maximum atomic E-state index is 9.47. The third-order valence-corrected chi connectivity index (χ3v) is 3.64. The number of fused-ring (bicyclic) bond motifs is 2. The van der Waals surface area contributed by atoms with E-state index in [1.807, 2.05) is 42.5 Å². The highest BCUT2D eigenvalue weighted by Gasteiger charge is 2.12. The number of nitriles is 1. The molecule has 0 atom stereocenters. The predicted octanol–water partition coefficient (Wildman–Crippen LogP) is 3.40. The fourth-order valence-corrected chi connectivity index (χ4v) is 2.55. The summed E-state index contributed by atoms with van der Waals surface area (Å²) < 4.78 is 11.1. The van der Waals surface area contributed by atoms with Crippen molar-refractivity contribution in [2.24, 2.45) is 0 Å². The number of ether oxygens (including phenoxy) is 2. The molecule has 112 valence electrons. The minimum atomic E-state index is 0.470. The van der Waals surface area contributed by atoms with Crippen LogP contribution in [0.2, 0.25) is 0 Å². The highest BCUT2D eigenvalue weighted by atomic mass is 16.6. The Kier molecular flexibility index (Phi) is 3.21. The molecule has 0 saturated heterocycles. The summed E-state index contributed by atoms with van der Waals surface area (Å²) in [6, 6.07) is 15.5. The van der Waals surface area contributed by atoms with Gasteiger partial charge in [-0.05, 0) is 35.9 Å². The number of rotatable bonds is 2. The zero-order valence-electron chi connectivity index (χ0n) is 12.2. The van der Waals surface area contributed by atoms with E-state index in [0.717, 1.165) is 22.3 Å². The van der Waals surface area contributed by atoms with Crippen LogP contribution in [0.5, 0.6) is 11.5 Å². The van der Waals surface area contributed by atoms with E-state index in [1.54, 1.807) is 6.08 Å². The van der Waals surface area contributed by atoms with E-state index in [4.69, 9.17) is 9.47 Å². The first-order valence-electron chi connectivity index (χ1n) is 7.30. The number of imidazole rings is 1. The Balaban J connectivity index is 1.74. The number of allylic oxidation sites excluding steroid dienone is 1. The van der Waals surface area contributed by atoms with Crippen molar-refractivity contribution in [1.82, 2.24) is 9.97 Å². The van der Waals surface area contributed by atoms with Gasteiger partial charge in [0, 0.05) is 0 Å². The number of benzene rings is 2. The average Bonchev–Trinajstić information content (AvgIpc) is 3.03. The predicted molar refractivity (Wildman–Crippen MR) is 87.0 cm³/mol. The van der Waals surface area contributed by atoms with Gasteiger partial charge in [0.2, 0.25) is 0 Å². The molecular weight excluding hydrogens is 290 g/mol. The molecule has 23 heavy (non-hydrogen) atoms. The Morgan fingerprint density at radius 2 is 1.96 bits per heavy atom. The van der Waals surface area contributed by atoms with Crippen LogP contribution in [0.25, 0.3) is 22.7 Å². The molecule has 5 nitrogen and oxygen atoms in total. The first-order valence-corrected chi connectivity index (χ1v) is 7.30. The Hall–Kier alpha value is -3.26. The molecule has 4 rings (SSSR count). The van der Waals surface area contributed by atoms with Gasteiger partial charge in [-0.1, -0.05) is 18.2 Å². The van der Waals surface area contributed by atoms with Gasteiger partial charge in [0.1, 0.15) is 25.1 Å². The van der Waals surface area contributed by atoms with E-state index >= 15 is 0 Å². The lowest BCUT2D eigenvalue weighted by atomic mass is 10.1. The highest BCUT2D eigenvalue weighted by Crippen LogP contribution is 2.32. The first-order chi connectivity index (χ1) is 11.3. The summed E-state index contributed by atoms with van der Waals surface area (Å²) in [4.78, 5) is 7.64. The van der Waals surface area contributed by atoms with Crippen LogP contribution in [0.15, 0.2) is 42.5 Å². The van der Waals surface area contributed by atoms with Crippen LogP contribution in [0.3, 0.4) is 0 Å². The maximum Gasteiger partial charge on any atom is 0.161 e. The zero-order valence-corrected chi connectivity index (χ0v) is 12.2. The van der Waals surface area contributed by atoms with Crippen LogP contribution in [-0.4, -0.2) is 23.2 Å². The molecule has 0 saturated carbocycles. The topological polar surface area (TPSA) is 70.9 Å². The molecule has 0 bridgehead atoms. The summed E-state index contributed by atoms with van der Waals surface area (Å²) in [5, 5.41) is 9.47. The van der Waals surface area contributed by atoms with Gasteiger partial charge in [0.25, 0.3) is 0 Å². The molecular formula is C18H13N3O2. The van der Waals surface area contributed by atoms with E-state index in [9.17, 15) is 5.26 Å². The fourth-order valence-electron chi connectivity index (χ4n) is 2.55. The Morgan fingerprint density at radius 3 is 2.78 bits per heavy atom. The van der Waals surface area contributed by atoms with Crippen LogP contribution < -0.4 is 9.47 Å². The lowest BCUT2D eigenvalue weighted by Gasteiger charge is -2.18. The van der Waals surface area contributed by atoms with E-state index in [2.05, 4.69) is 16.0 Å². The molecule has 0 amide bonds. The molecule has 2 aromatic carbocycles. The van der Waals surface area contributed by atoms with E-state index in [1.165, 1.54) is 0 Å². The Bertz CT molecular complexity index is 917. The van der Waals surface area contributed by atoms with Crippen molar-refractivity contribution in [3.05, 3.63) is 53.9 Å². The van der Waals surface area contributed by atoms with Crippen molar-refractivity contribution < 1.29 is 9.47 Å². The summed E-state index contributed by atoms with van der Waals surface area (Å²) in [6.07, 6.45) is 1.79. The molecule has 2 heterocycles. The summed E-state index contributed by atoms with van der Waals surface area (Å²) >= 11 is 0. The monoisotopic (exact) mass is 303 g/mol. The zero-order chi connectivity index (χ0) is 15.6. The van der Waals surface area contributed by atoms with Crippen LogP contribution in [-0.2, 0) is 0 Å². The van der Waals surface area contributed by atoms with Crippen molar-refractivity contribution in [3.63, 3.8) is 0 Å². The Morgan fingerprint density at radius 1 is 1.13 bits per heavy atom. The van der Waals surface area contributed by atoms with Crippen LogP contribution >= 0.6 is 0 Å². The molecule has 0 aliphatic carbocycles. The highest BCUT2D eigenvalue weighted by molar-refractivity contribution is 5.90. The summed E-state index contributed by atoms with van der Waals surface area (Å²) in [5.74, 6) is 1.99. The average molecular weight is 303 g/mol. The first kappa shape index (κ1) is 13.4. The van der Waals surface area contributed by atoms with Gasteiger partial charge < -0.3 is 14.5 Å². The number of para-hydroxylation sites is 2. The normalized spacial score (nSPS) is 13.8. The van der Waals surface area contributed by atoms with Crippen LogP contribution in [0.1, 0.15) is 11.4 Å². The molecule has 0 spiro atoms. The Labute approximate surface area is 132 Å². The van der Waals surface area contributed by atoms with Crippen molar-refractivity contribution in [1.29, 1.82) is 5.26 Å². The number of hydrogen-bond acceptors (Lipinski definition) is 4. The minimum Gasteiger partial charge on any atom is -0.486 e. The number of nitrogens with zero attached hydrogens (tertiary/aromatic N) is 2. The van der Waals surface area contributed by atoms with Gasteiger partial charge in [-0.2, -0.15) is 5.26 Å². The SMILES string of the molecule is N#CC(=Cc1ccc2c(c1)OCCO2)c1nc2ccccc2[nH]1. The summed E-state index contributed by atoms with van der Waals surface area (Å²) in [7, 11) is 0. The number of aromatic amines is 1. The maximum absolute atomic E-state index is 9.47. The van der Waals surface area contributed by atoms with Crippen molar-refractivity contribution in [2.75, 3.05) is 13.2 Å². The molecule has 1 aromatic heterocycles. The van der Waals surface area contributed by atoms with E-state index in [-0.39, 0.29) is 0 Å². The van der Waals surface area contributed by atoms with Gasteiger partial charge in [-0.3, -0.25) is 0 Å². The fraction of sp³-hybridized carbons (Fsp3) is 0.111. The van der Waals surface area contributed by atoms with Gasteiger partial charge in [-0.15, -0.1) is 0 Å². The second-order valence-electron chi connectivity index (χ2n) is 5.18. The van der Waals surface area contributed by atoms with Crippen molar-refractivity contribution >= 4 is 22.7 Å². The quantitative estimate of drug-likeness (QED) is 0.737. The number of H-pyrrole nitrogens is 1. The van der Waals surface area contributed by atoms with Crippen molar-refractivity contribution in [3.8, 4) is 17.6 Å². The number of nitrogens with one attached hydrogen (secondary N) is 1. The number of aromatic nitrogens is 2. The lowest BCUT2D eigenvalue weighted by Crippen LogP contribution is -2.15. The van der Waals surface area contributed by atoms with Gasteiger partial charge in [0.15, 0.2) is 11.5 Å². The largest absolute Gasteiger partial charge is 0.486 e. The number of hydrogen-bond donors (Lipinski definition) is 1. The molecule has 1 aliphatic rings. The van der Waals surface area contributed by atoms with E-state index in [0.29, 0.717) is 30.4 Å². The second-order valence-corrected chi connectivity index (χ2v) is 5.18. The molecule has 0 unspecified atom stereocenters. The molecule has 0 fully saturated rings. The third kappa shape index (κ3) is 2.51. The molecule has 1 N–H and O–H groups in total. The van der Waals surface area contributed by atoms with Crippen LogP contribution in [0.4, 0.5) is 0 Å². The van der Waals surface area contributed by atoms with E-state index < -0.39 is 0 Å². The minimum absolute atomic E-state index is 0.470. The standard InChI is InChI=1S/C18H13N3O2/c19-11-13(18-20-14-3-1-2-4-15(14)21-18)9-12-5-6-16-17(10-12)23-8-7-22-16/h1-6,9-10H,7-8H2,(H,20,21). The summed E-state index contributed by atoms with van der Waals surface area (Å²) in [5.41, 5.74) is 3.08. The third-order valence-electron chi connectivity index (χ3n) is 3.64. The van der Waals surface area contributed by atoms with Gasteiger partial charge in [0.05, 0.1) is 16.6 Å². The summed E-state index contributed by atoms with van der Waals surface area (Å²) in [6.45, 7) is 1.10. The van der Waals surface area contributed by atoms with Crippen molar-refractivity contribution in [2.45, 2.75) is 0 Å². The molecule has 1 aliphatic heterocycles. The lowest BCUT2D eigenvalue weighted by molar-refractivity contribution is 0.171. The molecule has 5 heteroatoms. The van der Waals surface area contributed by atoms with Gasteiger partial charge in [-0.25, -0.2) is 4.98 Å². The smallest absolute Gasteiger partial charge is 0.161 e.